The summed E-state index contributed by atoms with van der Waals surface area (Å²) in [5.41, 5.74) is 1.79. The fourth-order valence-electron chi connectivity index (χ4n) is 3.49. The van der Waals surface area contributed by atoms with Crippen molar-refractivity contribution in [2.24, 2.45) is 0 Å². The van der Waals surface area contributed by atoms with E-state index in [9.17, 15) is 9.59 Å². The number of para-hydroxylation sites is 1. The van der Waals surface area contributed by atoms with E-state index in [1.807, 2.05) is 61.5 Å². The molecule has 3 rings (SSSR count). The molecule has 0 aliphatic carbocycles. The van der Waals surface area contributed by atoms with Crippen LogP contribution in [-0.2, 0) is 16.0 Å². The van der Waals surface area contributed by atoms with Crippen LogP contribution in [0.3, 0.4) is 0 Å². The van der Waals surface area contributed by atoms with Gasteiger partial charge in [-0.25, -0.2) is 0 Å². The number of ether oxygens (including phenoxy) is 1. The lowest BCUT2D eigenvalue weighted by Crippen LogP contribution is -2.46. The highest BCUT2D eigenvalue weighted by molar-refractivity contribution is 5.92. The fourth-order valence-corrected chi connectivity index (χ4v) is 3.49. The first kappa shape index (κ1) is 20.9. The summed E-state index contributed by atoms with van der Waals surface area (Å²) in [5, 5.41) is 6.04. The van der Waals surface area contributed by atoms with Gasteiger partial charge >= 0.3 is 0 Å². The number of hydrogen-bond donors (Lipinski definition) is 2. The standard InChI is InChI=1S/C23H29N3O3/c1-2-29-21-10-8-18(9-11-21)16-22(27)24-20-12-14-26(15-13-20)17-23(28)25-19-6-4-3-5-7-19/h3-11,20H,2,12-17H2,1H3,(H,24,27)(H,25,28). The third kappa shape index (κ3) is 6.91. The van der Waals surface area contributed by atoms with Gasteiger partial charge in [0.2, 0.25) is 11.8 Å². The molecule has 6 heteroatoms. The highest BCUT2D eigenvalue weighted by atomic mass is 16.5. The molecule has 2 aromatic rings. The van der Waals surface area contributed by atoms with Gasteiger partial charge in [-0.2, -0.15) is 0 Å². The van der Waals surface area contributed by atoms with Crippen molar-refractivity contribution in [2.45, 2.75) is 32.2 Å². The van der Waals surface area contributed by atoms with Gasteiger partial charge in [0, 0.05) is 24.8 Å². The Morgan fingerprint density at radius 1 is 1.00 bits per heavy atom. The predicted molar refractivity (Wildman–Crippen MR) is 114 cm³/mol. The Kier molecular flexibility index (Phi) is 7.64. The van der Waals surface area contributed by atoms with E-state index < -0.39 is 0 Å². The maximum absolute atomic E-state index is 12.3. The maximum Gasteiger partial charge on any atom is 0.238 e. The Balaban J connectivity index is 1.36. The zero-order chi connectivity index (χ0) is 20.5. The van der Waals surface area contributed by atoms with E-state index in [-0.39, 0.29) is 17.9 Å². The van der Waals surface area contributed by atoms with E-state index in [2.05, 4.69) is 15.5 Å². The number of anilines is 1. The van der Waals surface area contributed by atoms with E-state index in [1.54, 1.807) is 0 Å². The fraction of sp³-hybridized carbons (Fsp3) is 0.391. The summed E-state index contributed by atoms with van der Waals surface area (Å²) in [4.78, 5) is 26.6. The van der Waals surface area contributed by atoms with Gasteiger partial charge in [0.05, 0.1) is 19.6 Å². The third-order valence-electron chi connectivity index (χ3n) is 4.98. The molecule has 1 aliphatic heterocycles. The molecule has 6 nitrogen and oxygen atoms in total. The van der Waals surface area contributed by atoms with Crippen molar-refractivity contribution in [2.75, 3.05) is 31.6 Å². The number of carbonyl (C=O) groups excluding carboxylic acids is 2. The first-order valence-electron chi connectivity index (χ1n) is 10.2. The minimum absolute atomic E-state index is 0.00538. The van der Waals surface area contributed by atoms with Crippen LogP contribution in [0.2, 0.25) is 0 Å². The molecule has 1 saturated heterocycles. The van der Waals surface area contributed by atoms with Crippen molar-refractivity contribution < 1.29 is 14.3 Å². The summed E-state index contributed by atoms with van der Waals surface area (Å²) >= 11 is 0. The van der Waals surface area contributed by atoms with Crippen LogP contribution in [0.25, 0.3) is 0 Å². The minimum Gasteiger partial charge on any atom is -0.494 e. The molecule has 154 valence electrons. The number of hydrogen-bond acceptors (Lipinski definition) is 4. The van der Waals surface area contributed by atoms with Crippen LogP contribution >= 0.6 is 0 Å². The van der Waals surface area contributed by atoms with E-state index in [0.717, 1.165) is 42.9 Å². The Morgan fingerprint density at radius 3 is 2.34 bits per heavy atom. The molecule has 2 aromatic carbocycles. The van der Waals surface area contributed by atoms with Gasteiger partial charge < -0.3 is 15.4 Å². The van der Waals surface area contributed by atoms with Crippen LogP contribution in [0.15, 0.2) is 54.6 Å². The van der Waals surface area contributed by atoms with Crippen LogP contribution in [0.4, 0.5) is 5.69 Å². The van der Waals surface area contributed by atoms with Crippen molar-refractivity contribution in [3.63, 3.8) is 0 Å². The second-order valence-electron chi connectivity index (χ2n) is 7.29. The van der Waals surface area contributed by atoms with Gasteiger partial charge in [-0.15, -0.1) is 0 Å². The highest BCUT2D eigenvalue weighted by Gasteiger charge is 2.22. The number of piperidine rings is 1. The lowest BCUT2D eigenvalue weighted by atomic mass is 10.0. The van der Waals surface area contributed by atoms with Gasteiger partial charge in [-0.05, 0) is 49.6 Å². The number of nitrogens with one attached hydrogen (secondary N) is 2. The smallest absolute Gasteiger partial charge is 0.238 e. The van der Waals surface area contributed by atoms with E-state index in [4.69, 9.17) is 4.74 Å². The second-order valence-corrected chi connectivity index (χ2v) is 7.29. The Morgan fingerprint density at radius 2 is 1.69 bits per heavy atom. The monoisotopic (exact) mass is 395 g/mol. The Bertz CT molecular complexity index is 785. The molecule has 0 aromatic heterocycles. The van der Waals surface area contributed by atoms with E-state index in [0.29, 0.717) is 19.6 Å². The zero-order valence-electron chi connectivity index (χ0n) is 16.9. The summed E-state index contributed by atoms with van der Waals surface area (Å²) in [7, 11) is 0. The van der Waals surface area contributed by atoms with Gasteiger partial charge in [-0.1, -0.05) is 30.3 Å². The van der Waals surface area contributed by atoms with Crippen LogP contribution in [0.1, 0.15) is 25.3 Å². The Labute approximate surface area is 172 Å². The summed E-state index contributed by atoms with van der Waals surface area (Å²) < 4.78 is 5.42. The maximum atomic E-state index is 12.3. The van der Waals surface area contributed by atoms with Crippen LogP contribution in [-0.4, -0.2) is 49.0 Å². The summed E-state index contributed by atoms with van der Waals surface area (Å²) in [6.07, 6.45) is 2.08. The highest BCUT2D eigenvalue weighted by Crippen LogP contribution is 2.14. The topological polar surface area (TPSA) is 70.7 Å². The first-order valence-corrected chi connectivity index (χ1v) is 10.2. The second kappa shape index (κ2) is 10.6. The van der Waals surface area contributed by atoms with Gasteiger partial charge in [0.15, 0.2) is 0 Å². The van der Waals surface area contributed by atoms with Crippen LogP contribution in [0.5, 0.6) is 5.75 Å². The number of amides is 2. The van der Waals surface area contributed by atoms with Gasteiger partial charge in [0.25, 0.3) is 0 Å². The van der Waals surface area contributed by atoms with Crippen molar-refractivity contribution >= 4 is 17.5 Å². The van der Waals surface area contributed by atoms with Crippen molar-refractivity contribution in [1.82, 2.24) is 10.2 Å². The average molecular weight is 396 g/mol. The van der Waals surface area contributed by atoms with Crippen molar-refractivity contribution in [3.8, 4) is 5.75 Å². The quantitative estimate of drug-likeness (QED) is 0.721. The van der Waals surface area contributed by atoms with Crippen LogP contribution in [0, 0.1) is 0 Å². The predicted octanol–water partition coefficient (Wildman–Crippen LogP) is 2.85. The van der Waals surface area contributed by atoms with E-state index >= 15 is 0 Å². The molecule has 0 atom stereocenters. The molecule has 0 saturated carbocycles. The minimum atomic E-state index is -0.00538. The SMILES string of the molecule is CCOc1ccc(CC(=O)NC2CCN(CC(=O)Nc3ccccc3)CC2)cc1. The average Bonchev–Trinajstić information content (AvgIpc) is 2.72. The number of carbonyl (C=O) groups is 2. The molecule has 2 N–H and O–H groups in total. The van der Waals surface area contributed by atoms with Crippen molar-refractivity contribution in [3.05, 3.63) is 60.2 Å². The molecule has 1 heterocycles. The van der Waals surface area contributed by atoms with Crippen molar-refractivity contribution in [1.29, 1.82) is 0 Å². The van der Waals surface area contributed by atoms with Gasteiger partial charge in [0.1, 0.15) is 5.75 Å². The summed E-state index contributed by atoms with van der Waals surface area (Å²) in [6.45, 7) is 4.56. The number of nitrogens with zero attached hydrogens (tertiary/aromatic N) is 1. The third-order valence-corrected chi connectivity index (χ3v) is 4.98. The zero-order valence-corrected chi connectivity index (χ0v) is 16.9. The lowest BCUT2D eigenvalue weighted by molar-refractivity contribution is -0.122. The molecule has 0 spiro atoms. The molecule has 1 aliphatic rings. The molecule has 0 bridgehead atoms. The Hall–Kier alpha value is -2.86. The number of benzene rings is 2. The lowest BCUT2D eigenvalue weighted by Gasteiger charge is -2.31. The number of rotatable bonds is 8. The summed E-state index contributed by atoms with van der Waals surface area (Å²) in [5.74, 6) is 0.851. The normalized spacial score (nSPS) is 14.9. The molecular formula is C23H29N3O3. The molecule has 29 heavy (non-hydrogen) atoms. The molecule has 0 unspecified atom stereocenters. The molecule has 1 fully saturated rings. The van der Waals surface area contributed by atoms with Crippen LogP contribution < -0.4 is 15.4 Å². The molecule has 0 radical (unpaired) electrons. The molecule has 2 amide bonds. The van der Waals surface area contributed by atoms with E-state index in [1.165, 1.54) is 0 Å². The molecular weight excluding hydrogens is 366 g/mol. The number of likely N-dealkylation sites (tertiary alicyclic amines) is 1. The first-order chi connectivity index (χ1) is 14.1. The van der Waals surface area contributed by atoms with Gasteiger partial charge in [-0.3, -0.25) is 14.5 Å². The summed E-state index contributed by atoms with van der Waals surface area (Å²) in [6, 6.07) is 17.3. The largest absolute Gasteiger partial charge is 0.494 e.